The van der Waals surface area contributed by atoms with E-state index >= 15 is 0 Å². The third-order valence-corrected chi connectivity index (χ3v) is 5.65. The van der Waals surface area contributed by atoms with Crippen molar-refractivity contribution in [3.05, 3.63) is 71.3 Å². The molecule has 1 N–H and O–H groups in total. The van der Waals surface area contributed by atoms with Gasteiger partial charge in [-0.25, -0.2) is 0 Å². The molecule has 1 aliphatic heterocycles. The first-order valence-corrected chi connectivity index (χ1v) is 9.43. The van der Waals surface area contributed by atoms with Crippen molar-refractivity contribution in [2.24, 2.45) is 0 Å². The predicted octanol–water partition coefficient (Wildman–Crippen LogP) is 4.00. The van der Waals surface area contributed by atoms with Crippen molar-refractivity contribution in [3.8, 4) is 0 Å². The molecule has 2 unspecified atom stereocenters. The minimum Gasteiger partial charge on any atom is -0.351 e. The summed E-state index contributed by atoms with van der Waals surface area (Å²) in [5.41, 5.74) is 2.49. The quantitative estimate of drug-likeness (QED) is 0.908. The lowest BCUT2D eigenvalue weighted by atomic mass is 10.0. The van der Waals surface area contributed by atoms with E-state index in [1.54, 1.807) is 4.90 Å². The lowest BCUT2D eigenvalue weighted by Gasteiger charge is -2.31. The zero-order chi connectivity index (χ0) is 18.1. The van der Waals surface area contributed by atoms with E-state index in [0.29, 0.717) is 5.56 Å². The Morgan fingerprint density at radius 3 is 2.42 bits per heavy atom. The highest BCUT2D eigenvalue weighted by atomic mass is 16.2. The predicted molar refractivity (Wildman–Crippen MR) is 101 cm³/mol. The van der Waals surface area contributed by atoms with E-state index in [0.717, 1.165) is 36.8 Å². The number of nitrogens with one attached hydrogen (secondary N) is 1. The molecule has 0 aromatic heterocycles. The Kier molecular flexibility index (Phi) is 4.49. The van der Waals surface area contributed by atoms with Crippen LogP contribution >= 0.6 is 0 Å². The summed E-state index contributed by atoms with van der Waals surface area (Å²) in [6.07, 6.45) is 4.38. The summed E-state index contributed by atoms with van der Waals surface area (Å²) < 4.78 is 0. The van der Waals surface area contributed by atoms with Crippen LogP contribution in [0.5, 0.6) is 0 Å². The molecule has 2 atom stereocenters. The van der Waals surface area contributed by atoms with Gasteiger partial charge < -0.3 is 10.2 Å². The van der Waals surface area contributed by atoms with Crippen molar-refractivity contribution in [2.45, 2.75) is 50.7 Å². The maximum absolute atomic E-state index is 13.2. The van der Waals surface area contributed by atoms with Crippen LogP contribution in [0.15, 0.2) is 54.6 Å². The van der Waals surface area contributed by atoms with Crippen molar-refractivity contribution in [1.82, 2.24) is 10.2 Å². The van der Waals surface area contributed by atoms with Crippen LogP contribution in [0.3, 0.4) is 0 Å². The van der Waals surface area contributed by atoms with Crippen LogP contribution in [0, 0.1) is 0 Å². The Labute approximate surface area is 154 Å². The molecule has 134 valence electrons. The number of benzene rings is 2. The van der Waals surface area contributed by atoms with Gasteiger partial charge in [0.05, 0.1) is 6.04 Å². The molecule has 4 nitrogen and oxygen atoms in total. The smallest absolute Gasteiger partial charge is 0.255 e. The number of hydrogen-bond donors (Lipinski definition) is 1. The van der Waals surface area contributed by atoms with Gasteiger partial charge in [-0.15, -0.1) is 0 Å². The highest BCUT2D eigenvalue weighted by molar-refractivity contribution is 6.05. The molecule has 0 radical (unpaired) electrons. The van der Waals surface area contributed by atoms with Gasteiger partial charge in [-0.2, -0.15) is 0 Å². The molecule has 2 amide bonds. The first-order chi connectivity index (χ1) is 12.7. The van der Waals surface area contributed by atoms with Gasteiger partial charge in [0.2, 0.25) is 5.91 Å². The van der Waals surface area contributed by atoms with Gasteiger partial charge in [0.15, 0.2) is 0 Å². The Morgan fingerprint density at radius 1 is 1.04 bits per heavy atom. The van der Waals surface area contributed by atoms with E-state index in [1.165, 1.54) is 0 Å². The second kappa shape index (κ2) is 6.94. The Bertz CT molecular complexity index is 812. The third-order valence-electron chi connectivity index (χ3n) is 5.65. The second-order valence-electron chi connectivity index (χ2n) is 7.28. The Morgan fingerprint density at radius 2 is 1.69 bits per heavy atom. The van der Waals surface area contributed by atoms with Crippen LogP contribution in [-0.4, -0.2) is 22.8 Å². The summed E-state index contributed by atoms with van der Waals surface area (Å²) in [5, 5.41) is 3.19. The van der Waals surface area contributed by atoms with Gasteiger partial charge in [-0.05, 0) is 37.0 Å². The summed E-state index contributed by atoms with van der Waals surface area (Å²) in [6.45, 7) is 2.00. The average molecular weight is 348 g/mol. The zero-order valence-corrected chi connectivity index (χ0v) is 15.0. The molecule has 0 spiro atoms. The van der Waals surface area contributed by atoms with E-state index in [4.69, 9.17) is 0 Å². The SMILES string of the molecule is CC(c1ccccc1)N1C(=O)c2ccccc2C1C(=O)NC1CCCC1. The second-order valence-corrected chi connectivity index (χ2v) is 7.28. The Balaban J connectivity index is 1.69. The van der Waals surface area contributed by atoms with E-state index < -0.39 is 6.04 Å². The number of carbonyl (C=O) groups is 2. The summed E-state index contributed by atoms with van der Waals surface area (Å²) in [4.78, 5) is 28.0. The molecule has 4 rings (SSSR count). The molecular formula is C22H24N2O2. The normalized spacial score (nSPS) is 20.9. The molecule has 1 heterocycles. The van der Waals surface area contributed by atoms with Gasteiger partial charge >= 0.3 is 0 Å². The van der Waals surface area contributed by atoms with Crippen molar-refractivity contribution in [3.63, 3.8) is 0 Å². The molecule has 2 aromatic carbocycles. The van der Waals surface area contributed by atoms with Crippen molar-refractivity contribution in [1.29, 1.82) is 0 Å². The highest BCUT2D eigenvalue weighted by Crippen LogP contribution is 2.40. The molecule has 2 aliphatic rings. The summed E-state index contributed by atoms with van der Waals surface area (Å²) >= 11 is 0. The standard InChI is InChI=1S/C22H24N2O2/c1-15(16-9-3-2-4-10-16)24-20(21(25)23-17-11-5-6-12-17)18-13-7-8-14-19(18)22(24)26/h2-4,7-10,13-15,17,20H,5-6,11-12H2,1H3,(H,23,25). The molecular weight excluding hydrogens is 324 g/mol. The van der Waals surface area contributed by atoms with Gasteiger partial charge in [-0.3, -0.25) is 9.59 Å². The number of amides is 2. The maximum atomic E-state index is 13.2. The van der Waals surface area contributed by atoms with Crippen LogP contribution in [-0.2, 0) is 4.79 Å². The summed E-state index contributed by atoms with van der Waals surface area (Å²) in [6, 6.07) is 16.9. The number of fused-ring (bicyclic) bond motifs is 1. The van der Waals surface area contributed by atoms with E-state index in [9.17, 15) is 9.59 Å². The Hall–Kier alpha value is -2.62. The molecule has 1 aliphatic carbocycles. The molecule has 26 heavy (non-hydrogen) atoms. The number of nitrogens with zero attached hydrogens (tertiary/aromatic N) is 1. The summed E-state index contributed by atoms with van der Waals surface area (Å²) in [5.74, 6) is -0.124. The fourth-order valence-electron chi connectivity index (χ4n) is 4.25. The molecule has 2 aromatic rings. The molecule has 0 bridgehead atoms. The van der Waals surface area contributed by atoms with E-state index in [-0.39, 0.29) is 23.9 Å². The molecule has 1 saturated carbocycles. The van der Waals surface area contributed by atoms with E-state index in [2.05, 4.69) is 5.32 Å². The molecule has 1 fully saturated rings. The topological polar surface area (TPSA) is 49.4 Å². The minimum absolute atomic E-state index is 0.0574. The highest BCUT2D eigenvalue weighted by Gasteiger charge is 2.43. The van der Waals surface area contributed by atoms with Crippen LogP contribution < -0.4 is 5.32 Å². The monoisotopic (exact) mass is 348 g/mol. The summed E-state index contributed by atoms with van der Waals surface area (Å²) in [7, 11) is 0. The largest absolute Gasteiger partial charge is 0.351 e. The van der Waals surface area contributed by atoms with Crippen molar-refractivity contribution < 1.29 is 9.59 Å². The van der Waals surface area contributed by atoms with Gasteiger partial charge in [0.1, 0.15) is 6.04 Å². The van der Waals surface area contributed by atoms with Crippen LogP contribution in [0.4, 0.5) is 0 Å². The van der Waals surface area contributed by atoms with Gasteiger partial charge in [-0.1, -0.05) is 61.4 Å². The minimum atomic E-state index is -0.561. The maximum Gasteiger partial charge on any atom is 0.255 e. The van der Waals surface area contributed by atoms with Gasteiger partial charge in [0.25, 0.3) is 5.91 Å². The zero-order valence-electron chi connectivity index (χ0n) is 15.0. The van der Waals surface area contributed by atoms with Crippen LogP contribution in [0.1, 0.15) is 66.2 Å². The fraction of sp³-hybridized carbons (Fsp3) is 0.364. The van der Waals surface area contributed by atoms with Crippen molar-refractivity contribution >= 4 is 11.8 Å². The number of hydrogen-bond acceptors (Lipinski definition) is 2. The molecule has 4 heteroatoms. The first kappa shape index (κ1) is 16.8. The third kappa shape index (κ3) is 2.90. The average Bonchev–Trinajstić information content (AvgIpc) is 3.28. The number of rotatable bonds is 4. The fourth-order valence-corrected chi connectivity index (χ4v) is 4.25. The lowest BCUT2D eigenvalue weighted by Crippen LogP contribution is -2.43. The van der Waals surface area contributed by atoms with Crippen LogP contribution in [0.25, 0.3) is 0 Å². The van der Waals surface area contributed by atoms with Crippen LogP contribution in [0.2, 0.25) is 0 Å². The lowest BCUT2D eigenvalue weighted by molar-refractivity contribution is -0.126. The van der Waals surface area contributed by atoms with E-state index in [1.807, 2.05) is 61.5 Å². The molecule has 0 saturated heterocycles. The van der Waals surface area contributed by atoms with Gasteiger partial charge in [0, 0.05) is 11.6 Å². The van der Waals surface area contributed by atoms with Crippen molar-refractivity contribution in [2.75, 3.05) is 0 Å². The number of carbonyl (C=O) groups excluding carboxylic acids is 2. The first-order valence-electron chi connectivity index (χ1n) is 9.43.